The summed E-state index contributed by atoms with van der Waals surface area (Å²) in [5.41, 5.74) is 10.3. The van der Waals surface area contributed by atoms with E-state index in [0.29, 0.717) is 80.2 Å². The largest absolute Gasteiger partial charge is 0.504 e. The lowest BCUT2D eigenvalue weighted by atomic mass is 9.60. The second-order valence-corrected chi connectivity index (χ2v) is 29.4. The van der Waals surface area contributed by atoms with Crippen molar-refractivity contribution in [3.63, 3.8) is 0 Å². The fourth-order valence-electron chi connectivity index (χ4n) is 18.3. The monoisotopic (exact) mass is 1100 g/mol. The van der Waals surface area contributed by atoms with Gasteiger partial charge in [0, 0.05) is 78.8 Å². The van der Waals surface area contributed by atoms with E-state index < -0.39 is 28.1 Å². The van der Waals surface area contributed by atoms with Crippen molar-refractivity contribution in [1.82, 2.24) is 10.2 Å². The number of nitrogens with two attached hydrogens (primary N) is 1. The Bertz CT molecular complexity index is 2930. The molecule has 0 radical (unpaired) electrons. The quantitative estimate of drug-likeness (QED) is 0.0843. The molecule has 6 fully saturated rings. The van der Waals surface area contributed by atoms with Gasteiger partial charge < -0.3 is 35.6 Å². The number of esters is 1. The molecule has 5 N–H and O–H groups in total. The molecule has 6 aliphatic carbocycles. The van der Waals surface area contributed by atoms with Crippen molar-refractivity contribution in [3.8, 4) is 23.3 Å². The Morgan fingerprint density at radius 1 is 0.937 bits per heavy atom. The molecule has 12 aliphatic rings. The first-order chi connectivity index (χ1) is 38.3. The molecule has 1 amide bonds. The van der Waals surface area contributed by atoms with Crippen LogP contribution >= 0.6 is 21.6 Å². The highest BCUT2D eigenvalue weighted by molar-refractivity contribution is 8.77. The number of amides is 1. The number of aryl methyl sites for hydroxylation is 2. The number of aliphatic imine (C=N–C) groups is 1. The number of fused-ring (bicyclic) bond motifs is 10. The number of aromatic hydroxyl groups is 1. The highest BCUT2D eigenvalue weighted by atomic mass is 33.1. The van der Waals surface area contributed by atoms with Crippen molar-refractivity contribution in [2.75, 3.05) is 18.8 Å². The first-order valence-electron chi connectivity index (χ1n) is 30.7. The van der Waals surface area contributed by atoms with Gasteiger partial charge in [-0.1, -0.05) is 101 Å². The Hall–Kier alpha value is -4.57. The minimum atomic E-state index is -0.829. The number of nitrogens with one attached hydrogen (secondary N) is 1. The molecule has 6 aliphatic heterocycles. The number of hydrogen-bond donors (Lipinski definition) is 4. The molecule has 15 rings (SSSR count). The lowest BCUT2D eigenvalue weighted by Gasteiger charge is -2.45. The van der Waals surface area contributed by atoms with E-state index in [1.165, 1.54) is 24.5 Å². The van der Waals surface area contributed by atoms with Crippen LogP contribution in [0, 0.1) is 51.8 Å². The van der Waals surface area contributed by atoms with E-state index >= 15 is 4.79 Å². The summed E-state index contributed by atoms with van der Waals surface area (Å²) >= 11 is 0. The van der Waals surface area contributed by atoms with Crippen LogP contribution in [0.1, 0.15) is 188 Å². The second kappa shape index (κ2) is 21.3. The number of phenolic OH excluding ortho intramolecular Hbond substituents is 1. The van der Waals surface area contributed by atoms with E-state index in [4.69, 9.17) is 20.2 Å². The van der Waals surface area contributed by atoms with E-state index in [1.54, 1.807) is 0 Å². The van der Waals surface area contributed by atoms with Crippen molar-refractivity contribution >= 4 is 39.4 Å². The molecule has 3 aromatic rings. The first kappa shape index (κ1) is 53.7. The lowest BCUT2D eigenvalue weighted by Crippen LogP contribution is -2.56. The summed E-state index contributed by atoms with van der Waals surface area (Å²) < 4.78 is 13.7. The van der Waals surface area contributed by atoms with Crippen LogP contribution in [-0.2, 0) is 33.7 Å². The summed E-state index contributed by atoms with van der Waals surface area (Å²) in [6.07, 6.45) is 26.0. The molecule has 12 bridgehead atoms. The zero-order valence-electron chi connectivity index (χ0n) is 46.7. The summed E-state index contributed by atoms with van der Waals surface area (Å²) in [7, 11) is 4.09. The average Bonchev–Trinajstić information content (AvgIpc) is 3.94. The third-order valence-electron chi connectivity index (χ3n) is 22.4. The molecule has 0 unspecified atom stereocenters. The number of rotatable bonds is 5. The highest BCUT2D eigenvalue weighted by Gasteiger charge is 2.65. The molecule has 6 heterocycles. The Labute approximate surface area is 477 Å². The number of aliphatic hydroxyl groups excluding tert-OH is 1. The number of benzene rings is 3. The lowest BCUT2D eigenvalue weighted by molar-refractivity contribution is -0.168. The van der Waals surface area contributed by atoms with E-state index in [-0.39, 0.29) is 52.2 Å². The van der Waals surface area contributed by atoms with Crippen LogP contribution in [0.5, 0.6) is 11.5 Å². The number of ether oxygens (including phenoxy) is 2. The van der Waals surface area contributed by atoms with Crippen molar-refractivity contribution in [2.24, 2.45) is 50.6 Å². The third-order valence-corrected chi connectivity index (χ3v) is 25.8. The van der Waals surface area contributed by atoms with Gasteiger partial charge in [-0.15, -0.1) is 5.92 Å². The van der Waals surface area contributed by atoms with Crippen LogP contribution in [0.25, 0.3) is 0 Å². The summed E-state index contributed by atoms with van der Waals surface area (Å²) in [5.74, 6) is 11.5. The molecule has 1 saturated heterocycles. The number of phenols is 1. The standard InChI is InChI=1S/C67H84N4O6S2/c1-45(72)76-64-33-23-50(56(73)39-64)18-8-14-48(21-20-46-12-4-2-5-13-46)42-78-79-67-30-11-28-62(67)31-22-47(38-62)15-9-27-63(43-69-61(68)70-67)32-26-55(49-16-6-3-7-17-49)65(63)40-57(74)71(44-65)41-53-36-51(24-34-64)58-52-25-35-66(77-60(58)59(53)75)29-10-19-54(66)37-52/h2-7,12-13,16-17,25,35-36,47-48,50,52,54-56,73,75H,8,10-11,14-15,18-24,26,28-34,37-44H2,1H3,(H3,68,69,70)/t47-,48+,50+,52+,54-,55-,56+,62+,63+,64+,65-,66-,67+/m0/s1. The molecular weight excluding hydrogens is 1020 g/mol. The summed E-state index contributed by atoms with van der Waals surface area (Å²) in [6.45, 7) is 2.63. The van der Waals surface area contributed by atoms with E-state index in [2.05, 4.69) is 96.0 Å². The molecule has 79 heavy (non-hydrogen) atoms. The van der Waals surface area contributed by atoms with Crippen molar-refractivity contribution in [1.29, 1.82) is 0 Å². The Morgan fingerprint density at radius 3 is 2.62 bits per heavy atom. The molecule has 3 aromatic carbocycles. The van der Waals surface area contributed by atoms with Gasteiger partial charge in [-0.05, 0) is 181 Å². The van der Waals surface area contributed by atoms with Crippen LogP contribution in [0.3, 0.4) is 0 Å². The van der Waals surface area contributed by atoms with Gasteiger partial charge in [0.2, 0.25) is 5.91 Å². The molecule has 420 valence electrons. The minimum absolute atomic E-state index is 0.0609. The maximum atomic E-state index is 15.3. The van der Waals surface area contributed by atoms with Gasteiger partial charge in [-0.2, -0.15) is 0 Å². The van der Waals surface area contributed by atoms with Crippen LogP contribution in [0.2, 0.25) is 0 Å². The van der Waals surface area contributed by atoms with E-state index in [9.17, 15) is 15.0 Å². The number of allylic oxidation sites excluding steroid dienone is 1. The van der Waals surface area contributed by atoms with E-state index in [0.717, 1.165) is 132 Å². The number of guanidine groups is 1. The molecular formula is C67H84N4O6S2. The predicted molar refractivity (Wildman–Crippen MR) is 315 cm³/mol. The van der Waals surface area contributed by atoms with E-state index in [1.807, 2.05) is 26.5 Å². The Morgan fingerprint density at radius 2 is 1.78 bits per heavy atom. The molecule has 10 nitrogen and oxygen atoms in total. The summed E-state index contributed by atoms with van der Waals surface area (Å²) in [6, 6.07) is 23.9. The van der Waals surface area contributed by atoms with Gasteiger partial charge in [0.1, 0.15) is 16.1 Å². The minimum Gasteiger partial charge on any atom is -0.504 e. The smallest absolute Gasteiger partial charge is 0.303 e. The van der Waals surface area contributed by atoms with Gasteiger partial charge in [-0.3, -0.25) is 14.6 Å². The number of nitrogens with zero attached hydrogens (tertiary/aromatic N) is 2. The zero-order chi connectivity index (χ0) is 54.0. The molecule has 12 heteroatoms. The fourth-order valence-corrected chi connectivity index (χ4v) is 22.3. The van der Waals surface area contributed by atoms with Crippen molar-refractivity contribution < 1.29 is 29.3 Å². The molecule has 13 atom stereocenters. The Kier molecular flexibility index (Phi) is 14.5. The first-order valence-corrected chi connectivity index (χ1v) is 33.0. The number of aliphatic hydroxyl groups is 1. The van der Waals surface area contributed by atoms with Gasteiger partial charge in [0.05, 0.1) is 18.1 Å². The van der Waals surface area contributed by atoms with Crippen LogP contribution in [-0.4, -0.2) is 74.0 Å². The predicted octanol–water partition coefficient (Wildman–Crippen LogP) is 12.8. The maximum Gasteiger partial charge on any atom is 0.303 e. The van der Waals surface area contributed by atoms with Crippen molar-refractivity contribution in [3.05, 3.63) is 107 Å². The van der Waals surface area contributed by atoms with Crippen LogP contribution in [0.4, 0.5) is 0 Å². The highest BCUT2D eigenvalue weighted by Crippen LogP contribution is 2.67. The normalized spacial score (nSPS) is 38.8. The SMILES string of the molecule is CC(=O)O[C@@]12CCc3cc(c(O)c4c3[C@@H]3C=C[C@]5(CCC[C@H]5C3)O4)CN3C[C@@]4(CC3=O)[C@H](c3ccccc3)CC[C@@]43C#CC[C@H]4CC[C@]5(CCC[C@@]5(NC(N)=NC3)SSC[C@@H](CCc3ccccc3)CCC[C@H](CC1)[C@H](O)C2)C4. The molecule has 5 saturated carbocycles. The zero-order valence-corrected chi connectivity index (χ0v) is 48.3. The summed E-state index contributed by atoms with van der Waals surface area (Å²) in [4.78, 5) is 35.6. The second-order valence-electron chi connectivity index (χ2n) is 26.7. The number of carbonyl (C=O) groups is 2. The number of carbonyl (C=O) groups excluding carboxylic acids is 2. The van der Waals surface area contributed by atoms with Crippen LogP contribution < -0.4 is 15.8 Å². The number of hydrogen-bond acceptors (Lipinski definition) is 11. The summed E-state index contributed by atoms with van der Waals surface area (Å²) in [5, 5.41) is 29.0. The maximum absolute atomic E-state index is 15.3. The molecule has 5 spiro atoms. The fraction of sp³-hybridized carbons (Fsp3) is 0.627. The van der Waals surface area contributed by atoms with Gasteiger partial charge in [0.25, 0.3) is 0 Å². The van der Waals surface area contributed by atoms with Crippen molar-refractivity contribution in [2.45, 2.75) is 202 Å². The van der Waals surface area contributed by atoms with Gasteiger partial charge >= 0.3 is 5.97 Å². The third kappa shape index (κ3) is 9.71. The van der Waals surface area contributed by atoms with Crippen LogP contribution in [0.15, 0.2) is 83.9 Å². The average molecular weight is 1110 g/mol. The van der Waals surface area contributed by atoms with Gasteiger partial charge in [-0.25, -0.2) is 0 Å². The Balaban J connectivity index is 0.907. The van der Waals surface area contributed by atoms with Gasteiger partial charge in [0.15, 0.2) is 17.5 Å². The molecule has 0 aromatic heterocycles. The topological polar surface area (TPSA) is 147 Å².